The van der Waals surface area contributed by atoms with Crippen molar-refractivity contribution in [3.8, 4) is 0 Å². The van der Waals surface area contributed by atoms with Crippen molar-refractivity contribution >= 4 is 0 Å². The van der Waals surface area contributed by atoms with Crippen LogP contribution >= 0.6 is 0 Å². The highest BCUT2D eigenvalue weighted by molar-refractivity contribution is 5.22. The van der Waals surface area contributed by atoms with Gasteiger partial charge in [-0.1, -0.05) is 30.3 Å². The van der Waals surface area contributed by atoms with Crippen LogP contribution in [0.3, 0.4) is 0 Å². The van der Waals surface area contributed by atoms with Crippen molar-refractivity contribution in [3.05, 3.63) is 53.9 Å². The number of aromatic amines is 1. The first-order chi connectivity index (χ1) is 8.42. The van der Waals surface area contributed by atoms with Crippen LogP contribution in [0.2, 0.25) is 0 Å². The van der Waals surface area contributed by atoms with Crippen molar-refractivity contribution in [2.75, 3.05) is 0 Å². The zero-order valence-electron chi connectivity index (χ0n) is 9.76. The third-order valence-corrected chi connectivity index (χ3v) is 3.55. The quantitative estimate of drug-likeness (QED) is 0.842. The molecular formula is C14H17N3. The standard InChI is InChI=1S/C14H17N3/c1-2-4-11(5-3-1)12-8-14(9-12)15-10-13-6-7-16-17-13/h1-7,12,14-15H,8-10H2,(H,16,17). The Morgan fingerprint density at radius 1 is 1.18 bits per heavy atom. The molecule has 88 valence electrons. The summed E-state index contributed by atoms with van der Waals surface area (Å²) in [6.07, 6.45) is 4.29. The summed E-state index contributed by atoms with van der Waals surface area (Å²) in [5.74, 6) is 0.746. The summed E-state index contributed by atoms with van der Waals surface area (Å²) < 4.78 is 0. The fraction of sp³-hybridized carbons (Fsp3) is 0.357. The number of aromatic nitrogens is 2. The van der Waals surface area contributed by atoms with Crippen LogP contribution in [-0.2, 0) is 6.54 Å². The van der Waals surface area contributed by atoms with Gasteiger partial charge in [-0.2, -0.15) is 5.10 Å². The van der Waals surface area contributed by atoms with Crippen molar-refractivity contribution in [2.45, 2.75) is 31.3 Å². The van der Waals surface area contributed by atoms with Crippen LogP contribution in [0.5, 0.6) is 0 Å². The minimum atomic E-state index is 0.656. The molecule has 2 N–H and O–H groups in total. The van der Waals surface area contributed by atoms with Gasteiger partial charge in [-0.05, 0) is 30.4 Å². The van der Waals surface area contributed by atoms with Crippen LogP contribution in [0.1, 0.15) is 30.0 Å². The third kappa shape index (κ3) is 2.39. The van der Waals surface area contributed by atoms with Crippen LogP contribution in [0, 0.1) is 0 Å². The molecule has 0 amide bonds. The van der Waals surface area contributed by atoms with Gasteiger partial charge in [0.05, 0.1) is 0 Å². The predicted octanol–water partition coefficient (Wildman–Crippen LogP) is 2.45. The average molecular weight is 227 g/mol. The molecule has 0 bridgehead atoms. The summed E-state index contributed by atoms with van der Waals surface area (Å²) in [5.41, 5.74) is 2.64. The number of rotatable bonds is 4. The molecular weight excluding hydrogens is 210 g/mol. The summed E-state index contributed by atoms with van der Waals surface area (Å²) in [6, 6.07) is 13.5. The molecule has 3 rings (SSSR count). The number of nitrogens with one attached hydrogen (secondary N) is 2. The van der Waals surface area contributed by atoms with Crippen LogP contribution in [0.4, 0.5) is 0 Å². The van der Waals surface area contributed by atoms with Crippen LogP contribution < -0.4 is 5.32 Å². The van der Waals surface area contributed by atoms with Crippen LogP contribution in [0.25, 0.3) is 0 Å². The summed E-state index contributed by atoms with van der Waals surface area (Å²) in [6.45, 7) is 0.895. The summed E-state index contributed by atoms with van der Waals surface area (Å²) >= 11 is 0. The lowest BCUT2D eigenvalue weighted by atomic mass is 9.76. The van der Waals surface area contributed by atoms with Gasteiger partial charge in [0, 0.05) is 24.5 Å². The Morgan fingerprint density at radius 2 is 2.00 bits per heavy atom. The molecule has 1 saturated carbocycles. The molecule has 2 aromatic rings. The Balaban J connectivity index is 1.46. The molecule has 1 heterocycles. The second-order valence-electron chi connectivity index (χ2n) is 4.74. The first-order valence-corrected chi connectivity index (χ1v) is 6.18. The van der Waals surface area contributed by atoms with Crippen molar-refractivity contribution in [1.82, 2.24) is 15.5 Å². The second kappa shape index (κ2) is 4.72. The smallest absolute Gasteiger partial charge is 0.0490 e. The lowest BCUT2D eigenvalue weighted by Gasteiger charge is -2.36. The molecule has 1 aliphatic carbocycles. The van der Waals surface area contributed by atoms with Gasteiger partial charge in [0.1, 0.15) is 0 Å². The van der Waals surface area contributed by atoms with E-state index in [4.69, 9.17) is 0 Å². The zero-order chi connectivity index (χ0) is 11.5. The van der Waals surface area contributed by atoms with Crippen LogP contribution in [-0.4, -0.2) is 16.2 Å². The summed E-state index contributed by atoms with van der Waals surface area (Å²) in [7, 11) is 0. The van der Waals surface area contributed by atoms with Gasteiger partial charge in [-0.3, -0.25) is 5.10 Å². The molecule has 1 aromatic heterocycles. The van der Waals surface area contributed by atoms with Gasteiger partial charge in [0.15, 0.2) is 0 Å². The SMILES string of the molecule is c1ccc(C2CC(NCc3ccn[nH]3)C2)cc1. The van der Waals surface area contributed by atoms with Crippen molar-refractivity contribution < 1.29 is 0 Å². The Labute approximate surface area is 101 Å². The van der Waals surface area contributed by atoms with Gasteiger partial charge in [0.25, 0.3) is 0 Å². The zero-order valence-corrected chi connectivity index (χ0v) is 9.76. The highest BCUT2D eigenvalue weighted by Gasteiger charge is 2.29. The van der Waals surface area contributed by atoms with Gasteiger partial charge in [-0.25, -0.2) is 0 Å². The lowest BCUT2D eigenvalue weighted by Crippen LogP contribution is -2.39. The third-order valence-electron chi connectivity index (χ3n) is 3.55. The minimum absolute atomic E-state index is 0.656. The van der Waals surface area contributed by atoms with E-state index in [9.17, 15) is 0 Å². The molecule has 0 saturated heterocycles. The van der Waals surface area contributed by atoms with E-state index in [2.05, 4.69) is 45.8 Å². The molecule has 1 fully saturated rings. The van der Waals surface area contributed by atoms with E-state index in [0.29, 0.717) is 6.04 Å². The number of benzene rings is 1. The van der Waals surface area contributed by atoms with E-state index in [-0.39, 0.29) is 0 Å². The molecule has 1 aliphatic rings. The van der Waals surface area contributed by atoms with Crippen molar-refractivity contribution in [1.29, 1.82) is 0 Å². The highest BCUT2D eigenvalue weighted by Crippen LogP contribution is 2.36. The Hall–Kier alpha value is -1.61. The van der Waals surface area contributed by atoms with Gasteiger partial charge < -0.3 is 5.32 Å². The Kier molecular flexibility index (Phi) is 2.92. The van der Waals surface area contributed by atoms with E-state index in [1.165, 1.54) is 18.4 Å². The second-order valence-corrected chi connectivity index (χ2v) is 4.74. The van der Waals surface area contributed by atoms with E-state index >= 15 is 0 Å². The molecule has 0 radical (unpaired) electrons. The minimum Gasteiger partial charge on any atom is -0.308 e. The normalized spacial score (nSPS) is 23.3. The molecule has 3 nitrogen and oxygen atoms in total. The number of nitrogens with zero attached hydrogens (tertiary/aromatic N) is 1. The van der Waals surface area contributed by atoms with E-state index in [0.717, 1.165) is 18.2 Å². The topological polar surface area (TPSA) is 40.7 Å². The number of H-pyrrole nitrogens is 1. The average Bonchev–Trinajstić information content (AvgIpc) is 2.81. The number of hydrogen-bond acceptors (Lipinski definition) is 2. The van der Waals surface area contributed by atoms with Crippen molar-refractivity contribution in [3.63, 3.8) is 0 Å². The van der Waals surface area contributed by atoms with Crippen LogP contribution in [0.15, 0.2) is 42.6 Å². The molecule has 17 heavy (non-hydrogen) atoms. The van der Waals surface area contributed by atoms with Gasteiger partial charge in [-0.15, -0.1) is 0 Å². The maximum atomic E-state index is 3.94. The van der Waals surface area contributed by atoms with Gasteiger partial charge >= 0.3 is 0 Å². The largest absolute Gasteiger partial charge is 0.308 e. The fourth-order valence-electron chi connectivity index (χ4n) is 2.42. The maximum absolute atomic E-state index is 3.94. The molecule has 1 aromatic carbocycles. The van der Waals surface area contributed by atoms with E-state index in [1.807, 2.05) is 6.07 Å². The van der Waals surface area contributed by atoms with E-state index < -0.39 is 0 Å². The molecule has 0 atom stereocenters. The summed E-state index contributed by atoms with van der Waals surface area (Å²) in [4.78, 5) is 0. The lowest BCUT2D eigenvalue weighted by molar-refractivity contribution is 0.288. The molecule has 0 unspecified atom stereocenters. The summed E-state index contributed by atoms with van der Waals surface area (Å²) in [5, 5.41) is 10.5. The monoisotopic (exact) mass is 227 g/mol. The van der Waals surface area contributed by atoms with Crippen molar-refractivity contribution in [2.24, 2.45) is 0 Å². The van der Waals surface area contributed by atoms with Gasteiger partial charge in [0.2, 0.25) is 0 Å². The molecule has 0 aliphatic heterocycles. The van der Waals surface area contributed by atoms with E-state index in [1.54, 1.807) is 6.20 Å². The maximum Gasteiger partial charge on any atom is 0.0490 e. The fourth-order valence-corrected chi connectivity index (χ4v) is 2.42. The first kappa shape index (κ1) is 10.5. The highest BCUT2D eigenvalue weighted by atomic mass is 15.1. The number of hydrogen-bond donors (Lipinski definition) is 2. The predicted molar refractivity (Wildman–Crippen MR) is 67.6 cm³/mol. The Bertz CT molecular complexity index is 444. The Morgan fingerprint density at radius 3 is 2.71 bits per heavy atom. The molecule has 3 heteroatoms. The molecule has 0 spiro atoms. The first-order valence-electron chi connectivity index (χ1n) is 6.18.